The zero-order chi connectivity index (χ0) is 17.8. The van der Waals surface area contributed by atoms with Gasteiger partial charge in [-0.15, -0.1) is 12.4 Å². The molecule has 0 aromatic heterocycles. The van der Waals surface area contributed by atoms with E-state index in [-0.39, 0.29) is 28.2 Å². The molecule has 1 fully saturated rings. The van der Waals surface area contributed by atoms with Gasteiger partial charge in [0.2, 0.25) is 20.0 Å². The summed E-state index contributed by atoms with van der Waals surface area (Å²) in [6, 6.07) is 5.36. The third-order valence-corrected chi connectivity index (χ3v) is 7.64. The van der Waals surface area contributed by atoms with Gasteiger partial charge in [0.1, 0.15) is 0 Å². The summed E-state index contributed by atoms with van der Waals surface area (Å²) in [5.74, 6) is 0. The van der Waals surface area contributed by atoms with E-state index in [4.69, 9.17) is 0 Å². The average molecular weight is 412 g/mol. The van der Waals surface area contributed by atoms with Gasteiger partial charge in [-0.05, 0) is 37.6 Å². The molecule has 1 aliphatic heterocycles. The lowest BCUT2D eigenvalue weighted by Crippen LogP contribution is -2.45. The first-order valence-corrected chi connectivity index (χ1v) is 11.1. The Bertz CT molecular complexity index is 759. The first kappa shape index (κ1) is 22.3. The zero-order valence-corrected chi connectivity index (χ0v) is 16.9. The molecule has 1 aromatic carbocycles. The number of hydrogen-bond donors (Lipinski definition) is 2. The number of piperidine rings is 1. The maximum absolute atomic E-state index is 12.6. The number of nitrogens with zero attached hydrogens (tertiary/aromatic N) is 1. The van der Waals surface area contributed by atoms with Crippen molar-refractivity contribution >= 4 is 32.5 Å². The molecule has 2 N–H and O–H groups in total. The molecule has 1 aromatic rings. The van der Waals surface area contributed by atoms with Gasteiger partial charge in [0.25, 0.3) is 0 Å². The van der Waals surface area contributed by atoms with Crippen LogP contribution in [0.4, 0.5) is 0 Å². The van der Waals surface area contributed by atoms with Crippen LogP contribution in [0.3, 0.4) is 0 Å². The van der Waals surface area contributed by atoms with Crippen molar-refractivity contribution in [3.05, 3.63) is 24.3 Å². The standard InChI is InChI=1S/C15H25N3O4S2.ClH/c1-3-18(4-2)24(21,22)15-9-5-8-14(11-15)23(19,20)17-13-7-6-10-16-12-13;/h5,8-9,11,13,16-17H,3-4,6-7,10,12H2,1-2H3;1H/t13-;/m0./s1. The van der Waals surface area contributed by atoms with Gasteiger partial charge in [-0.2, -0.15) is 4.31 Å². The van der Waals surface area contributed by atoms with E-state index < -0.39 is 20.0 Å². The second-order valence-electron chi connectivity index (χ2n) is 5.73. The summed E-state index contributed by atoms with van der Waals surface area (Å²) in [5, 5.41) is 3.15. The summed E-state index contributed by atoms with van der Waals surface area (Å²) >= 11 is 0. The number of benzene rings is 1. The van der Waals surface area contributed by atoms with Crippen LogP contribution in [0.15, 0.2) is 34.1 Å². The molecule has 0 radical (unpaired) electrons. The molecule has 0 spiro atoms. The van der Waals surface area contributed by atoms with E-state index in [2.05, 4.69) is 10.0 Å². The predicted molar refractivity (Wildman–Crippen MR) is 100 cm³/mol. The number of nitrogens with one attached hydrogen (secondary N) is 2. The molecule has 0 aliphatic carbocycles. The topological polar surface area (TPSA) is 95.6 Å². The molecule has 0 saturated carbocycles. The maximum Gasteiger partial charge on any atom is 0.243 e. The molecule has 0 amide bonds. The van der Waals surface area contributed by atoms with E-state index in [1.165, 1.54) is 28.6 Å². The summed E-state index contributed by atoms with van der Waals surface area (Å²) in [6.07, 6.45) is 1.67. The Hall–Kier alpha value is -0.710. The van der Waals surface area contributed by atoms with E-state index in [0.717, 1.165) is 19.4 Å². The Kier molecular flexibility index (Phi) is 8.30. The van der Waals surface area contributed by atoms with E-state index in [1.54, 1.807) is 13.8 Å². The van der Waals surface area contributed by atoms with Gasteiger partial charge in [-0.3, -0.25) is 0 Å². The van der Waals surface area contributed by atoms with Gasteiger partial charge in [-0.25, -0.2) is 21.6 Å². The summed E-state index contributed by atoms with van der Waals surface area (Å²) in [5.41, 5.74) is 0. The summed E-state index contributed by atoms with van der Waals surface area (Å²) in [4.78, 5) is -0.0304. The zero-order valence-electron chi connectivity index (χ0n) is 14.4. The molecule has 2 rings (SSSR count). The highest BCUT2D eigenvalue weighted by Crippen LogP contribution is 2.20. The molecule has 0 unspecified atom stereocenters. The molecule has 144 valence electrons. The third kappa shape index (κ3) is 5.38. The van der Waals surface area contributed by atoms with Crippen molar-refractivity contribution < 1.29 is 16.8 Å². The summed E-state index contributed by atoms with van der Waals surface area (Å²) in [6.45, 7) is 5.63. The number of rotatable bonds is 7. The molecule has 10 heteroatoms. The van der Waals surface area contributed by atoms with Crippen LogP contribution in [-0.2, 0) is 20.0 Å². The van der Waals surface area contributed by atoms with Crippen LogP contribution in [0.5, 0.6) is 0 Å². The Morgan fingerprint density at radius 2 is 1.80 bits per heavy atom. The van der Waals surface area contributed by atoms with E-state index in [0.29, 0.717) is 19.6 Å². The van der Waals surface area contributed by atoms with E-state index in [9.17, 15) is 16.8 Å². The van der Waals surface area contributed by atoms with Gasteiger partial charge in [0.05, 0.1) is 9.79 Å². The summed E-state index contributed by atoms with van der Waals surface area (Å²) < 4.78 is 54.2. The molecule has 1 atom stereocenters. The quantitative estimate of drug-likeness (QED) is 0.702. The lowest BCUT2D eigenvalue weighted by atomic mass is 10.1. The number of hydrogen-bond acceptors (Lipinski definition) is 5. The fraction of sp³-hybridized carbons (Fsp3) is 0.600. The molecule has 7 nitrogen and oxygen atoms in total. The van der Waals surface area contributed by atoms with Gasteiger partial charge in [-0.1, -0.05) is 19.9 Å². The molecular weight excluding hydrogens is 386 g/mol. The SMILES string of the molecule is CCN(CC)S(=O)(=O)c1cccc(S(=O)(=O)N[C@H]2CCCNC2)c1.Cl. The van der Waals surface area contributed by atoms with Gasteiger partial charge >= 0.3 is 0 Å². The molecule has 1 saturated heterocycles. The van der Waals surface area contributed by atoms with Crippen molar-refractivity contribution in [1.82, 2.24) is 14.3 Å². The van der Waals surface area contributed by atoms with Gasteiger partial charge in [0.15, 0.2) is 0 Å². The van der Waals surface area contributed by atoms with Crippen LogP contribution < -0.4 is 10.0 Å². The minimum Gasteiger partial charge on any atom is -0.315 e. The smallest absolute Gasteiger partial charge is 0.243 e. The van der Waals surface area contributed by atoms with Crippen LogP contribution in [0, 0.1) is 0 Å². The Labute approximate surface area is 156 Å². The normalized spacial score (nSPS) is 18.8. The van der Waals surface area contributed by atoms with Crippen LogP contribution in [-0.4, -0.2) is 53.4 Å². The second kappa shape index (κ2) is 9.29. The average Bonchev–Trinajstić information content (AvgIpc) is 2.56. The predicted octanol–water partition coefficient (Wildman–Crippen LogP) is 1.17. The monoisotopic (exact) mass is 411 g/mol. The van der Waals surface area contributed by atoms with Crippen LogP contribution in [0.2, 0.25) is 0 Å². The van der Waals surface area contributed by atoms with Crippen LogP contribution >= 0.6 is 12.4 Å². The minimum absolute atomic E-state index is 0. The molecule has 1 heterocycles. The van der Waals surface area contributed by atoms with Crippen molar-refractivity contribution in [1.29, 1.82) is 0 Å². The highest BCUT2D eigenvalue weighted by molar-refractivity contribution is 7.90. The fourth-order valence-corrected chi connectivity index (χ4v) is 5.65. The van der Waals surface area contributed by atoms with E-state index >= 15 is 0 Å². The van der Waals surface area contributed by atoms with Crippen molar-refractivity contribution in [3.8, 4) is 0 Å². The van der Waals surface area contributed by atoms with Crippen LogP contribution in [0.25, 0.3) is 0 Å². The lowest BCUT2D eigenvalue weighted by molar-refractivity contribution is 0.428. The van der Waals surface area contributed by atoms with E-state index in [1.807, 2.05) is 0 Å². The largest absolute Gasteiger partial charge is 0.315 e. The first-order chi connectivity index (χ1) is 11.3. The Balaban J connectivity index is 0.00000312. The minimum atomic E-state index is -3.75. The van der Waals surface area contributed by atoms with Crippen molar-refractivity contribution in [3.63, 3.8) is 0 Å². The molecule has 25 heavy (non-hydrogen) atoms. The maximum atomic E-state index is 12.6. The first-order valence-electron chi connectivity index (χ1n) is 8.14. The summed E-state index contributed by atoms with van der Waals surface area (Å²) in [7, 11) is -7.44. The highest BCUT2D eigenvalue weighted by Gasteiger charge is 2.26. The number of halogens is 1. The fourth-order valence-electron chi connectivity index (χ4n) is 2.75. The molecule has 0 bridgehead atoms. The van der Waals surface area contributed by atoms with Gasteiger partial charge in [0, 0.05) is 25.7 Å². The lowest BCUT2D eigenvalue weighted by Gasteiger charge is -2.24. The Morgan fingerprint density at radius 3 is 2.36 bits per heavy atom. The molecular formula is C15H26ClN3O4S2. The Morgan fingerprint density at radius 1 is 1.16 bits per heavy atom. The van der Waals surface area contributed by atoms with Crippen molar-refractivity contribution in [2.75, 3.05) is 26.2 Å². The highest BCUT2D eigenvalue weighted by atomic mass is 35.5. The second-order valence-corrected chi connectivity index (χ2v) is 9.38. The van der Waals surface area contributed by atoms with Crippen molar-refractivity contribution in [2.24, 2.45) is 0 Å². The van der Waals surface area contributed by atoms with Crippen molar-refractivity contribution in [2.45, 2.75) is 42.5 Å². The number of sulfonamides is 2. The van der Waals surface area contributed by atoms with Gasteiger partial charge < -0.3 is 5.32 Å². The third-order valence-electron chi connectivity index (χ3n) is 4.08. The van der Waals surface area contributed by atoms with Crippen LogP contribution in [0.1, 0.15) is 26.7 Å². The molecule has 1 aliphatic rings.